The zero-order valence-corrected chi connectivity index (χ0v) is 16.3. The lowest BCUT2D eigenvalue weighted by molar-refractivity contribution is -0.144. The van der Waals surface area contributed by atoms with Crippen molar-refractivity contribution in [1.82, 2.24) is 0 Å². The summed E-state index contributed by atoms with van der Waals surface area (Å²) in [5.74, 6) is 0.0319. The molecule has 0 bridgehead atoms. The molecule has 1 aliphatic rings. The first kappa shape index (κ1) is 20.4. The van der Waals surface area contributed by atoms with Crippen molar-refractivity contribution in [2.75, 3.05) is 6.61 Å². The van der Waals surface area contributed by atoms with Gasteiger partial charge < -0.3 is 15.2 Å². The number of hydrogen-bond acceptors (Lipinski definition) is 5. The number of nitrogens with two attached hydrogens (primary N) is 1. The first-order valence-electron chi connectivity index (χ1n) is 9.44. The van der Waals surface area contributed by atoms with Gasteiger partial charge in [-0.25, -0.2) is 4.79 Å². The van der Waals surface area contributed by atoms with Crippen LogP contribution in [0.5, 0.6) is 0 Å². The molecule has 1 aromatic carbocycles. The van der Waals surface area contributed by atoms with Gasteiger partial charge in [0.25, 0.3) is 0 Å². The van der Waals surface area contributed by atoms with Gasteiger partial charge in [0.15, 0.2) is 0 Å². The number of carbonyl (C=O) groups is 2. The fraction of sp³-hybridized carbons (Fsp3) is 0.619. The molecule has 2 unspecified atom stereocenters. The second-order valence-corrected chi connectivity index (χ2v) is 8.08. The first-order valence-corrected chi connectivity index (χ1v) is 9.44. The van der Waals surface area contributed by atoms with Gasteiger partial charge in [-0.05, 0) is 76.5 Å². The third-order valence-electron chi connectivity index (χ3n) is 4.75. The molecule has 0 spiro atoms. The zero-order valence-electron chi connectivity index (χ0n) is 16.3. The lowest BCUT2D eigenvalue weighted by Crippen LogP contribution is -2.35. The Balaban J connectivity index is 2.04. The molecule has 0 radical (unpaired) electrons. The second-order valence-electron chi connectivity index (χ2n) is 8.08. The van der Waals surface area contributed by atoms with E-state index in [0.29, 0.717) is 24.5 Å². The summed E-state index contributed by atoms with van der Waals surface area (Å²) in [5.41, 5.74) is 7.47. The minimum atomic E-state index is -0.512. The van der Waals surface area contributed by atoms with Gasteiger partial charge in [0, 0.05) is 12.5 Å². The largest absolute Gasteiger partial charge is 0.466 e. The monoisotopic (exact) mass is 361 g/mol. The molecule has 144 valence electrons. The van der Waals surface area contributed by atoms with Crippen LogP contribution in [0.25, 0.3) is 0 Å². The molecule has 5 heteroatoms. The van der Waals surface area contributed by atoms with Gasteiger partial charge in [0.1, 0.15) is 5.60 Å². The highest BCUT2D eigenvalue weighted by Crippen LogP contribution is 2.37. The van der Waals surface area contributed by atoms with E-state index in [2.05, 4.69) is 0 Å². The van der Waals surface area contributed by atoms with Crippen molar-refractivity contribution in [2.45, 2.75) is 70.9 Å². The Morgan fingerprint density at radius 1 is 1.15 bits per heavy atom. The SMILES string of the molecule is CCOC(=O)CC1CC[C@@H](N)C(c2ccc(C(=O)OC(C)(C)C)cc2)C1. The fourth-order valence-corrected chi connectivity index (χ4v) is 3.51. The third kappa shape index (κ3) is 5.84. The van der Waals surface area contributed by atoms with Crippen LogP contribution < -0.4 is 5.73 Å². The number of carbonyl (C=O) groups excluding carboxylic acids is 2. The molecule has 1 saturated carbocycles. The van der Waals surface area contributed by atoms with E-state index in [9.17, 15) is 9.59 Å². The Kier molecular flexibility index (Phi) is 6.81. The van der Waals surface area contributed by atoms with Crippen LogP contribution >= 0.6 is 0 Å². The van der Waals surface area contributed by atoms with Gasteiger partial charge in [0.05, 0.1) is 12.2 Å². The standard InChI is InChI=1S/C21H31NO4/c1-5-25-19(23)13-14-6-11-18(22)17(12-14)15-7-9-16(10-8-15)20(24)26-21(2,3)4/h7-10,14,17-18H,5-6,11-13,22H2,1-4H3/t14?,17?,18-/m1/s1. The molecule has 5 nitrogen and oxygen atoms in total. The Morgan fingerprint density at radius 2 is 1.81 bits per heavy atom. The van der Waals surface area contributed by atoms with Crippen molar-refractivity contribution < 1.29 is 19.1 Å². The molecule has 0 aliphatic heterocycles. The van der Waals surface area contributed by atoms with Crippen molar-refractivity contribution in [2.24, 2.45) is 11.7 Å². The molecular formula is C21H31NO4. The summed E-state index contributed by atoms with van der Waals surface area (Å²) in [7, 11) is 0. The van der Waals surface area contributed by atoms with Crippen LogP contribution in [-0.2, 0) is 14.3 Å². The van der Waals surface area contributed by atoms with E-state index in [4.69, 9.17) is 15.2 Å². The smallest absolute Gasteiger partial charge is 0.338 e. The van der Waals surface area contributed by atoms with E-state index >= 15 is 0 Å². The Morgan fingerprint density at radius 3 is 2.38 bits per heavy atom. The summed E-state index contributed by atoms with van der Waals surface area (Å²) in [5, 5.41) is 0. The van der Waals surface area contributed by atoms with E-state index in [0.717, 1.165) is 24.8 Å². The van der Waals surface area contributed by atoms with Crippen LogP contribution in [-0.4, -0.2) is 30.2 Å². The lowest BCUT2D eigenvalue weighted by Gasteiger charge is -2.34. The highest BCUT2D eigenvalue weighted by Gasteiger charge is 2.31. The summed E-state index contributed by atoms with van der Waals surface area (Å²) in [6.45, 7) is 7.79. The zero-order chi connectivity index (χ0) is 19.3. The minimum Gasteiger partial charge on any atom is -0.466 e. The summed E-state index contributed by atoms with van der Waals surface area (Å²) in [4.78, 5) is 23.9. The summed E-state index contributed by atoms with van der Waals surface area (Å²) in [6.07, 6.45) is 3.16. The predicted octanol–water partition coefficient (Wildman–Crippen LogP) is 3.81. The topological polar surface area (TPSA) is 78.6 Å². The summed E-state index contributed by atoms with van der Waals surface area (Å²) < 4.78 is 10.5. The number of rotatable bonds is 5. The van der Waals surface area contributed by atoms with Gasteiger partial charge in [0.2, 0.25) is 0 Å². The average Bonchev–Trinajstić information content (AvgIpc) is 2.55. The number of esters is 2. The van der Waals surface area contributed by atoms with E-state index < -0.39 is 5.60 Å². The third-order valence-corrected chi connectivity index (χ3v) is 4.75. The van der Waals surface area contributed by atoms with Crippen molar-refractivity contribution in [3.05, 3.63) is 35.4 Å². The molecule has 0 saturated heterocycles. The minimum absolute atomic E-state index is 0.0702. The molecule has 2 rings (SSSR count). The van der Waals surface area contributed by atoms with Gasteiger partial charge in [-0.1, -0.05) is 12.1 Å². The van der Waals surface area contributed by atoms with Crippen molar-refractivity contribution in [3.8, 4) is 0 Å². The number of hydrogen-bond donors (Lipinski definition) is 1. The molecule has 1 aliphatic carbocycles. The van der Waals surface area contributed by atoms with Gasteiger partial charge in [-0.15, -0.1) is 0 Å². The first-order chi connectivity index (χ1) is 12.2. The van der Waals surface area contributed by atoms with E-state index in [1.165, 1.54) is 0 Å². The summed E-state index contributed by atoms with van der Waals surface area (Å²) in [6, 6.07) is 7.57. The van der Waals surface area contributed by atoms with Crippen LogP contribution in [0.15, 0.2) is 24.3 Å². The maximum atomic E-state index is 12.1. The summed E-state index contributed by atoms with van der Waals surface area (Å²) >= 11 is 0. The average molecular weight is 361 g/mol. The van der Waals surface area contributed by atoms with Crippen LogP contribution in [0.3, 0.4) is 0 Å². The maximum Gasteiger partial charge on any atom is 0.338 e. The van der Waals surface area contributed by atoms with Crippen molar-refractivity contribution in [1.29, 1.82) is 0 Å². The van der Waals surface area contributed by atoms with Crippen molar-refractivity contribution >= 4 is 11.9 Å². The Bertz CT molecular complexity index is 618. The molecule has 2 N–H and O–H groups in total. The molecule has 1 fully saturated rings. The van der Waals surface area contributed by atoms with E-state index in [1.54, 1.807) is 12.1 Å². The normalized spacial score (nSPS) is 23.3. The molecule has 26 heavy (non-hydrogen) atoms. The van der Waals surface area contributed by atoms with E-state index in [-0.39, 0.29) is 23.9 Å². The number of ether oxygens (including phenoxy) is 2. The quantitative estimate of drug-likeness (QED) is 0.807. The molecule has 0 aromatic heterocycles. The Hall–Kier alpha value is -1.88. The van der Waals surface area contributed by atoms with Gasteiger partial charge >= 0.3 is 11.9 Å². The van der Waals surface area contributed by atoms with Gasteiger partial charge in [-0.3, -0.25) is 4.79 Å². The van der Waals surface area contributed by atoms with Gasteiger partial charge in [-0.2, -0.15) is 0 Å². The van der Waals surface area contributed by atoms with E-state index in [1.807, 2.05) is 39.8 Å². The second kappa shape index (κ2) is 8.67. The molecule has 0 amide bonds. The van der Waals surface area contributed by atoms with Crippen LogP contribution in [0.2, 0.25) is 0 Å². The number of benzene rings is 1. The highest BCUT2D eigenvalue weighted by atomic mass is 16.6. The van der Waals surface area contributed by atoms with Crippen LogP contribution in [0, 0.1) is 5.92 Å². The lowest BCUT2D eigenvalue weighted by atomic mass is 9.74. The highest BCUT2D eigenvalue weighted by molar-refractivity contribution is 5.89. The predicted molar refractivity (Wildman–Crippen MR) is 101 cm³/mol. The van der Waals surface area contributed by atoms with Crippen LogP contribution in [0.4, 0.5) is 0 Å². The van der Waals surface area contributed by atoms with Crippen LogP contribution in [0.1, 0.15) is 75.2 Å². The maximum absolute atomic E-state index is 12.1. The van der Waals surface area contributed by atoms with Crippen molar-refractivity contribution in [3.63, 3.8) is 0 Å². The fourth-order valence-electron chi connectivity index (χ4n) is 3.51. The molecular weight excluding hydrogens is 330 g/mol. The molecule has 3 atom stereocenters. The molecule has 0 heterocycles. The molecule has 1 aromatic rings. The Labute approximate surface area is 156 Å².